The number of hydrogen-bond donors (Lipinski definition) is 1. The molecule has 1 atom stereocenters. The van der Waals surface area contributed by atoms with E-state index in [1.807, 2.05) is 18.2 Å². The molecule has 4 nitrogen and oxygen atoms in total. The standard InChI is InChI=1S/C28H29NO3/c1-2-32-27(31)20-22-21-29(19-18-26(22)30)28(23-12-6-3-7-13-23,24-14-8-4-9-15-24)25-16-10-5-11-17-25/h3-17,20,26,30H,2,18-19,21H2,1H3. The molecule has 4 rings (SSSR count). The van der Waals surface area contributed by atoms with E-state index in [-0.39, 0.29) is 0 Å². The maximum atomic E-state index is 12.2. The van der Waals surface area contributed by atoms with Crippen LogP contribution >= 0.6 is 0 Å². The van der Waals surface area contributed by atoms with Crippen molar-refractivity contribution in [3.63, 3.8) is 0 Å². The van der Waals surface area contributed by atoms with Gasteiger partial charge in [-0.25, -0.2) is 4.79 Å². The number of carbonyl (C=O) groups is 1. The van der Waals surface area contributed by atoms with E-state index >= 15 is 0 Å². The van der Waals surface area contributed by atoms with Crippen molar-refractivity contribution >= 4 is 5.97 Å². The number of hydrogen-bond acceptors (Lipinski definition) is 4. The molecule has 3 aromatic rings. The second kappa shape index (κ2) is 9.94. The lowest BCUT2D eigenvalue weighted by atomic mass is 9.74. The topological polar surface area (TPSA) is 49.8 Å². The van der Waals surface area contributed by atoms with Crippen LogP contribution in [-0.4, -0.2) is 41.8 Å². The van der Waals surface area contributed by atoms with Crippen molar-refractivity contribution in [1.82, 2.24) is 4.90 Å². The van der Waals surface area contributed by atoms with Crippen LogP contribution in [0.25, 0.3) is 0 Å². The van der Waals surface area contributed by atoms with Crippen LogP contribution in [0.15, 0.2) is 103 Å². The van der Waals surface area contributed by atoms with Crippen molar-refractivity contribution in [1.29, 1.82) is 0 Å². The minimum Gasteiger partial charge on any atom is -0.463 e. The lowest BCUT2D eigenvalue weighted by Crippen LogP contribution is -2.53. The third-order valence-electron chi connectivity index (χ3n) is 6.11. The fourth-order valence-corrected chi connectivity index (χ4v) is 4.72. The van der Waals surface area contributed by atoms with Crippen LogP contribution in [0.1, 0.15) is 30.0 Å². The highest BCUT2D eigenvalue weighted by Crippen LogP contribution is 2.44. The Morgan fingerprint density at radius 1 is 0.938 bits per heavy atom. The predicted octanol–water partition coefficient (Wildman–Crippen LogP) is 4.53. The number of likely N-dealkylation sites (tertiary alicyclic amines) is 1. The highest BCUT2D eigenvalue weighted by atomic mass is 16.5. The summed E-state index contributed by atoms with van der Waals surface area (Å²) in [7, 11) is 0. The number of benzene rings is 3. The number of aliphatic hydroxyl groups is 1. The molecule has 4 heteroatoms. The maximum absolute atomic E-state index is 12.2. The number of nitrogens with zero attached hydrogens (tertiary/aromatic N) is 1. The van der Waals surface area contributed by atoms with Crippen LogP contribution in [0.2, 0.25) is 0 Å². The van der Waals surface area contributed by atoms with E-state index in [4.69, 9.17) is 4.74 Å². The normalized spacial score (nSPS) is 18.4. The smallest absolute Gasteiger partial charge is 0.330 e. The number of piperidine rings is 1. The molecule has 3 aromatic carbocycles. The minimum atomic E-state index is -0.657. The first-order chi connectivity index (χ1) is 15.7. The maximum Gasteiger partial charge on any atom is 0.330 e. The molecule has 0 bridgehead atoms. The Bertz CT molecular complexity index is 951. The lowest BCUT2D eigenvalue weighted by molar-refractivity contribution is -0.137. The van der Waals surface area contributed by atoms with Gasteiger partial charge in [-0.3, -0.25) is 4.90 Å². The highest BCUT2D eigenvalue weighted by molar-refractivity contribution is 5.83. The number of carbonyl (C=O) groups excluding carboxylic acids is 1. The summed E-state index contributed by atoms with van der Waals surface area (Å²) in [5.41, 5.74) is 3.54. The van der Waals surface area contributed by atoms with Crippen LogP contribution in [-0.2, 0) is 15.1 Å². The van der Waals surface area contributed by atoms with Crippen LogP contribution < -0.4 is 0 Å². The van der Waals surface area contributed by atoms with E-state index < -0.39 is 17.6 Å². The zero-order chi connectivity index (χ0) is 22.4. The first-order valence-corrected chi connectivity index (χ1v) is 11.1. The van der Waals surface area contributed by atoms with Crippen molar-refractivity contribution in [3.8, 4) is 0 Å². The predicted molar refractivity (Wildman–Crippen MR) is 126 cm³/mol. The Labute approximate surface area is 189 Å². The molecule has 32 heavy (non-hydrogen) atoms. The lowest BCUT2D eigenvalue weighted by Gasteiger charge is -2.48. The summed E-state index contributed by atoms with van der Waals surface area (Å²) < 4.78 is 5.12. The van der Waals surface area contributed by atoms with E-state index in [1.165, 1.54) is 6.08 Å². The van der Waals surface area contributed by atoms with Gasteiger partial charge in [0.1, 0.15) is 0 Å². The van der Waals surface area contributed by atoms with Crippen molar-refractivity contribution in [3.05, 3.63) is 119 Å². The third kappa shape index (κ3) is 4.24. The molecule has 0 radical (unpaired) electrons. The minimum absolute atomic E-state index is 0.310. The Kier molecular flexibility index (Phi) is 6.84. The highest BCUT2D eigenvalue weighted by Gasteiger charge is 2.44. The molecule has 1 N–H and O–H groups in total. The molecule has 0 aromatic heterocycles. The second-order valence-electron chi connectivity index (χ2n) is 8.01. The van der Waals surface area contributed by atoms with Crippen molar-refractivity contribution < 1.29 is 14.6 Å². The van der Waals surface area contributed by atoms with E-state index in [9.17, 15) is 9.90 Å². The van der Waals surface area contributed by atoms with Crippen molar-refractivity contribution in [2.24, 2.45) is 0 Å². The summed E-state index contributed by atoms with van der Waals surface area (Å²) in [6.07, 6.45) is 1.35. The van der Waals surface area contributed by atoms with Gasteiger partial charge < -0.3 is 9.84 Å². The van der Waals surface area contributed by atoms with Crippen LogP contribution in [0, 0.1) is 0 Å². The molecule has 1 saturated heterocycles. The van der Waals surface area contributed by atoms with Gasteiger partial charge in [0.15, 0.2) is 0 Å². The average molecular weight is 428 g/mol. The van der Waals surface area contributed by atoms with Gasteiger partial charge in [-0.15, -0.1) is 0 Å². The number of aliphatic hydroxyl groups excluding tert-OH is 1. The third-order valence-corrected chi connectivity index (χ3v) is 6.11. The van der Waals surface area contributed by atoms with Gasteiger partial charge in [0.05, 0.1) is 18.2 Å². The summed E-state index contributed by atoms with van der Waals surface area (Å²) >= 11 is 0. The van der Waals surface area contributed by atoms with Crippen LogP contribution in [0.3, 0.4) is 0 Å². The van der Waals surface area contributed by atoms with Gasteiger partial charge in [0.2, 0.25) is 0 Å². The first kappa shape index (κ1) is 22.0. The fraction of sp³-hybridized carbons (Fsp3) is 0.250. The molecule has 1 fully saturated rings. The van der Waals surface area contributed by atoms with E-state index in [2.05, 4.69) is 77.7 Å². The molecule has 164 valence electrons. The Balaban J connectivity index is 1.91. The molecule has 1 heterocycles. The Morgan fingerprint density at radius 2 is 1.41 bits per heavy atom. The fourth-order valence-electron chi connectivity index (χ4n) is 4.72. The number of rotatable bonds is 6. The SMILES string of the molecule is CCOC(=O)C=C1CN(C(c2ccccc2)(c2ccccc2)c2ccccc2)CCC1O. The van der Waals surface area contributed by atoms with E-state index in [0.717, 1.165) is 16.7 Å². The number of ether oxygens (including phenoxy) is 1. The zero-order valence-electron chi connectivity index (χ0n) is 18.4. The van der Waals surface area contributed by atoms with Crippen molar-refractivity contribution in [2.45, 2.75) is 25.0 Å². The molecule has 0 spiro atoms. The number of esters is 1. The molecule has 1 aliphatic heterocycles. The van der Waals surface area contributed by atoms with Gasteiger partial charge in [-0.05, 0) is 35.6 Å². The molecule has 0 saturated carbocycles. The Hall–Kier alpha value is -3.21. The Morgan fingerprint density at radius 3 is 1.84 bits per heavy atom. The molecular weight excluding hydrogens is 398 g/mol. The first-order valence-electron chi connectivity index (χ1n) is 11.1. The molecular formula is C28H29NO3. The summed E-state index contributed by atoms with van der Waals surface area (Å²) in [5, 5.41) is 10.7. The largest absolute Gasteiger partial charge is 0.463 e. The van der Waals surface area contributed by atoms with E-state index in [0.29, 0.717) is 31.7 Å². The quantitative estimate of drug-likeness (QED) is 0.357. The van der Waals surface area contributed by atoms with Crippen molar-refractivity contribution in [2.75, 3.05) is 19.7 Å². The van der Waals surface area contributed by atoms with Gasteiger partial charge in [-0.1, -0.05) is 91.0 Å². The summed E-state index contributed by atoms with van der Waals surface area (Å²) in [6.45, 7) is 3.23. The molecule has 1 aliphatic rings. The molecule has 0 aliphatic carbocycles. The monoisotopic (exact) mass is 427 g/mol. The van der Waals surface area contributed by atoms with Gasteiger partial charge in [0, 0.05) is 19.2 Å². The molecule has 1 unspecified atom stereocenters. The summed E-state index contributed by atoms with van der Waals surface area (Å²) in [6, 6.07) is 31.3. The van der Waals surface area contributed by atoms with Gasteiger partial charge in [-0.2, -0.15) is 0 Å². The van der Waals surface area contributed by atoms with Crippen LogP contribution in [0.4, 0.5) is 0 Å². The van der Waals surface area contributed by atoms with Gasteiger partial charge in [0.25, 0.3) is 0 Å². The average Bonchev–Trinajstić information content (AvgIpc) is 2.84. The van der Waals surface area contributed by atoms with E-state index in [1.54, 1.807) is 6.92 Å². The second-order valence-corrected chi connectivity index (χ2v) is 8.01. The van der Waals surface area contributed by atoms with Gasteiger partial charge >= 0.3 is 5.97 Å². The zero-order valence-corrected chi connectivity index (χ0v) is 18.4. The summed E-state index contributed by atoms with van der Waals surface area (Å²) in [5.74, 6) is -0.409. The van der Waals surface area contributed by atoms with Crippen LogP contribution in [0.5, 0.6) is 0 Å². The summed E-state index contributed by atoms with van der Waals surface area (Å²) in [4.78, 5) is 14.6. The molecule has 0 amide bonds.